The predicted molar refractivity (Wildman–Crippen MR) is 76.5 cm³/mol. The van der Waals surface area contributed by atoms with Gasteiger partial charge in [-0.25, -0.2) is 0 Å². The molecule has 0 N–H and O–H groups in total. The van der Waals surface area contributed by atoms with Gasteiger partial charge in [-0.05, 0) is 50.4 Å². The van der Waals surface area contributed by atoms with E-state index in [1.807, 2.05) is 0 Å². The maximum Gasteiger partial charge on any atom is 0.331 e. The molecule has 2 fully saturated rings. The molecular formula is C14H25NO3S. The summed E-state index contributed by atoms with van der Waals surface area (Å²) >= 11 is 0. The van der Waals surface area contributed by atoms with Crippen LogP contribution in [0.4, 0.5) is 0 Å². The Balaban J connectivity index is 1.81. The third-order valence-electron chi connectivity index (χ3n) is 4.44. The second-order valence-corrected chi connectivity index (χ2v) is 7.90. The summed E-state index contributed by atoms with van der Waals surface area (Å²) in [7, 11) is -3.51. The molecule has 2 aliphatic carbocycles. The second-order valence-electron chi connectivity index (χ2n) is 6.10. The van der Waals surface area contributed by atoms with Gasteiger partial charge in [0, 0.05) is 6.21 Å². The van der Waals surface area contributed by atoms with Crippen molar-refractivity contribution in [2.24, 2.45) is 17.0 Å². The lowest BCUT2D eigenvalue weighted by molar-refractivity contribution is 0.305. The van der Waals surface area contributed by atoms with Gasteiger partial charge in [-0.3, -0.25) is 4.28 Å². The van der Waals surface area contributed by atoms with Crippen LogP contribution in [0.1, 0.15) is 64.7 Å². The number of hydrogen-bond donors (Lipinski definition) is 0. The van der Waals surface area contributed by atoms with Gasteiger partial charge in [0.25, 0.3) is 0 Å². The SMILES string of the molecule is CC1CCC(S(=O)(=O)O/N=C/C2CCCCC2)CC1. The van der Waals surface area contributed by atoms with Gasteiger partial charge in [0.2, 0.25) is 0 Å². The monoisotopic (exact) mass is 287 g/mol. The highest BCUT2D eigenvalue weighted by atomic mass is 32.2. The van der Waals surface area contributed by atoms with Crippen LogP contribution in [0.15, 0.2) is 5.16 Å². The normalized spacial score (nSPS) is 30.6. The van der Waals surface area contributed by atoms with Crippen LogP contribution in [-0.4, -0.2) is 19.9 Å². The Labute approximate surface area is 116 Å². The molecule has 110 valence electrons. The highest BCUT2D eigenvalue weighted by Crippen LogP contribution is 2.29. The third kappa shape index (κ3) is 4.48. The molecule has 2 aliphatic rings. The number of rotatable bonds is 4. The van der Waals surface area contributed by atoms with Crippen LogP contribution in [0.3, 0.4) is 0 Å². The fourth-order valence-corrected chi connectivity index (χ4v) is 4.17. The van der Waals surface area contributed by atoms with Crippen LogP contribution in [0.25, 0.3) is 0 Å². The second kappa shape index (κ2) is 6.73. The van der Waals surface area contributed by atoms with E-state index in [2.05, 4.69) is 12.1 Å². The third-order valence-corrected chi connectivity index (χ3v) is 6.02. The molecule has 0 heterocycles. The molecule has 4 nitrogen and oxygen atoms in total. The van der Waals surface area contributed by atoms with E-state index in [1.165, 1.54) is 19.3 Å². The zero-order valence-corrected chi connectivity index (χ0v) is 12.6. The van der Waals surface area contributed by atoms with Gasteiger partial charge in [0.05, 0.1) is 5.25 Å². The van der Waals surface area contributed by atoms with Gasteiger partial charge in [0.15, 0.2) is 0 Å². The Bertz CT molecular complexity index is 391. The number of oxime groups is 1. The summed E-state index contributed by atoms with van der Waals surface area (Å²) in [6.45, 7) is 2.17. The molecule has 0 aromatic rings. The van der Waals surface area contributed by atoms with Crippen LogP contribution in [0.2, 0.25) is 0 Å². The fraction of sp³-hybridized carbons (Fsp3) is 0.929. The lowest BCUT2D eigenvalue weighted by Crippen LogP contribution is -2.27. The molecule has 0 aromatic carbocycles. The fourth-order valence-electron chi connectivity index (χ4n) is 3.03. The predicted octanol–water partition coefficient (Wildman–Crippen LogP) is 3.48. The molecule has 2 saturated carbocycles. The van der Waals surface area contributed by atoms with E-state index in [-0.39, 0.29) is 5.25 Å². The first-order valence-electron chi connectivity index (χ1n) is 7.54. The van der Waals surface area contributed by atoms with Crippen molar-refractivity contribution in [3.05, 3.63) is 0 Å². The molecule has 0 unspecified atom stereocenters. The van der Waals surface area contributed by atoms with Crippen molar-refractivity contribution in [1.82, 2.24) is 0 Å². The van der Waals surface area contributed by atoms with Crippen molar-refractivity contribution in [3.63, 3.8) is 0 Å². The Morgan fingerprint density at radius 1 is 1.00 bits per heavy atom. The summed E-state index contributed by atoms with van der Waals surface area (Å²) in [5, 5.41) is 3.39. The largest absolute Gasteiger partial charge is 0.331 e. The summed E-state index contributed by atoms with van der Waals surface area (Å²) in [6.07, 6.45) is 11.0. The summed E-state index contributed by atoms with van der Waals surface area (Å²) in [4.78, 5) is 0. The van der Waals surface area contributed by atoms with E-state index in [4.69, 9.17) is 4.28 Å². The van der Waals surface area contributed by atoms with Crippen LogP contribution < -0.4 is 0 Å². The maximum atomic E-state index is 12.0. The molecule has 0 atom stereocenters. The smallest absolute Gasteiger partial charge is 0.269 e. The quantitative estimate of drug-likeness (QED) is 0.587. The summed E-state index contributed by atoms with van der Waals surface area (Å²) in [5.41, 5.74) is 0. The molecule has 5 heteroatoms. The van der Waals surface area contributed by atoms with E-state index in [9.17, 15) is 8.42 Å². The van der Waals surface area contributed by atoms with E-state index >= 15 is 0 Å². The standard InChI is InChI=1S/C14H25NO3S/c1-12-7-9-14(10-8-12)19(16,17)18-15-11-13-5-3-2-4-6-13/h11-14H,2-10H2,1H3/b15-11+. The van der Waals surface area contributed by atoms with Crippen molar-refractivity contribution >= 4 is 16.3 Å². The molecule has 2 rings (SSSR count). The minimum atomic E-state index is -3.51. The number of nitrogens with zero attached hydrogens (tertiary/aromatic N) is 1. The Morgan fingerprint density at radius 2 is 1.63 bits per heavy atom. The topological polar surface area (TPSA) is 55.7 Å². The zero-order chi connectivity index (χ0) is 13.7. The van der Waals surface area contributed by atoms with Crippen LogP contribution >= 0.6 is 0 Å². The molecule has 0 spiro atoms. The first-order valence-corrected chi connectivity index (χ1v) is 9.01. The minimum Gasteiger partial charge on any atom is -0.269 e. The summed E-state index contributed by atoms with van der Waals surface area (Å²) in [6, 6.07) is 0. The van der Waals surface area contributed by atoms with Gasteiger partial charge in [-0.1, -0.05) is 31.3 Å². The molecule has 0 radical (unpaired) electrons. The molecular weight excluding hydrogens is 262 g/mol. The van der Waals surface area contributed by atoms with Gasteiger partial charge < -0.3 is 0 Å². The van der Waals surface area contributed by atoms with E-state index < -0.39 is 10.1 Å². The van der Waals surface area contributed by atoms with Crippen molar-refractivity contribution in [2.75, 3.05) is 0 Å². The maximum absolute atomic E-state index is 12.0. The highest BCUT2D eigenvalue weighted by molar-refractivity contribution is 7.87. The summed E-state index contributed by atoms with van der Waals surface area (Å²) < 4.78 is 28.8. The number of hydrogen-bond acceptors (Lipinski definition) is 4. The van der Waals surface area contributed by atoms with Crippen LogP contribution in [0.5, 0.6) is 0 Å². The van der Waals surface area contributed by atoms with E-state index in [0.29, 0.717) is 24.7 Å². The average molecular weight is 287 g/mol. The first-order chi connectivity index (χ1) is 9.08. The lowest BCUT2D eigenvalue weighted by Gasteiger charge is -2.24. The van der Waals surface area contributed by atoms with Crippen molar-refractivity contribution in [1.29, 1.82) is 0 Å². The first kappa shape index (κ1) is 14.8. The lowest BCUT2D eigenvalue weighted by atomic mass is 9.90. The Morgan fingerprint density at radius 3 is 2.26 bits per heavy atom. The molecule has 19 heavy (non-hydrogen) atoms. The van der Waals surface area contributed by atoms with Gasteiger partial charge in [-0.15, -0.1) is 0 Å². The Kier molecular flexibility index (Phi) is 5.25. The van der Waals surface area contributed by atoms with E-state index in [1.54, 1.807) is 6.21 Å². The molecule has 0 aliphatic heterocycles. The molecule has 0 aromatic heterocycles. The van der Waals surface area contributed by atoms with Crippen LogP contribution in [-0.2, 0) is 14.4 Å². The minimum absolute atomic E-state index is 0.354. The molecule has 0 saturated heterocycles. The van der Waals surface area contributed by atoms with Crippen LogP contribution in [0, 0.1) is 11.8 Å². The molecule has 0 amide bonds. The summed E-state index contributed by atoms with van der Waals surface area (Å²) in [5.74, 6) is 1.03. The van der Waals surface area contributed by atoms with Gasteiger partial charge in [-0.2, -0.15) is 8.42 Å². The Hall–Kier alpha value is -0.580. The van der Waals surface area contributed by atoms with Gasteiger partial charge >= 0.3 is 10.1 Å². The van der Waals surface area contributed by atoms with E-state index in [0.717, 1.165) is 25.7 Å². The zero-order valence-electron chi connectivity index (χ0n) is 11.8. The van der Waals surface area contributed by atoms with Crippen molar-refractivity contribution in [3.8, 4) is 0 Å². The average Bonchev–Trinajstić information content (AvgIpc) is 2.40. The van der Waals surface area contributed by atoms with Crippen molar-refractivity contribution < 1.29 is 12.7 Å². The highest BCUT2D eigenvalue weighted by Gasteiger charge is 2.31. The molecule has 0 bridgehead atoms. The van der Waals surface area contributed by atoms with Crippen molar-refractivity contribution in [2.45, 2.75) is 70.0 Å². The van der Waals surface area contributed by atoms with Gasteiger partial charge in [0.1, 0.15) is 0 Å².